The van der Waals surface area contributed by atoms with E-state index in [1.54, 1.807) is 18.2 Å². The van der Waals surface area contributed by atoms with E-state index in [0.29, 0.717) is 29.4 Å². The Bertz CT molecular complexity index is 1430. The molecule has 4 aromatic carbocycles. The minimum Gasteiger partial charge on any atom is -0.488 e. The molecule has 39 heavy (non-hydrogen) atoms. The van der Waals surface area contributed by atoms with Gasteiger partial charge in [0.15, 0.2) is 0 Å². The molecule has 7 nitrogen and oxygen atoms in total. The summed E-state index contributed by atoms with van der Waals surface area (Å²) < 4.78 is 12.0. The molecule has 0 saturated carbocycles. The van der Waals surface area contributed by atoms with E-state index >= 15 is 0 Å². The van der Waals surface area contributed by atoms with Crippen molar-refractivity contribution in [3.8, 4) is 17.2 Å². The Hall–Kier alpha value is -4.78. The first-order valence-electron chi connectivity index (χ1n) is 13.0. The van der Waals surface area contributed by atoms with Crippen LogP contribution in [0.4, 0.5) is 11.4 Å². The fourth-order valence-electron chi connectivity index (χ4n) is 4.60. The number of amides is 1. The van der Waals surface area contributed by atoms with Crippen molar-refractivity contribution in [2.24, 2.45) is 0 Å². The van der Waals surface area contributed by atoms with Gasteiger partial charge in [-0.2, -0.15) is 0 Å². The van der Waals surface area contributed by atoms with E-state index in [9.17, 15) is 14.7 Å². The number of benzene rings is 4. The van der Waals surface area contributed by atoms with Crippen LogP contribution in [0.2, 0.25) is 0 Å². The first-order chi connectivity index (χ1) is 19.1. The van der Waals surface area contributed by atoms with Gasteiger partial charge >= 0.3 is 5.97 Å². The molecule has 0 radical (unpaired) electrons. The molecule has 0 unspecified atom stereocenters. The number of hydrogen-bond acceptors (Lipinski definition) is 5. The van der Waals surface area contributed by atoms with Crippen LogP contribution in [0.3, 0.4) is 0 Å². The molecule has 0 atom stereocenters. The summed E-state index contributed by atoms with van der Waals surface area (Å²) in [7, 11) is 0. The van der Waals surface area contributed by atoms with Gasteiger partial charge in [0.1, 0.15) is 23.9 Å². The number of anilines is 2. The van der Waals surface area contributed by atoms with E-state index < -0.39 is 11.9 Å². The normalized spacial score (nSPS) is 13.0. The Labute approximate surface area is 227 Å². The topological polar surface area (TPSA) is 88.1 Å². The highest BCUT2D eigenvalue weighted by Gasteiger charge is 2.21. The second-order valence-corrected chi connectivity index (χ2v) is 9.38. The number of rotatable bonds is 9. The molecule has 5 rings (SSSR count). The second kappa shape index (κ2) is 12.2. The average molecular weight is 523 g/mol. The van der Waals surface area contributed by atoms with Crippen molar-refractivity contribution in [1.82, 2.24) is 0 Å². The predicted octanol–water partition coefficient (Wildman–Crippen LogP) is 7.00. The number of piperidine rings is 1. The van der Waals surface area contributed by atoms with E-state index in [2.05, 4.69) is 10.2 Å². The largest absolute Gasteiger partial charge is 0.488 e. The lowest BCUT2D eigenvalue weighted by molar-refractivity contribution is 0.0698. The maximum Gasteiger partial charge on any atom is 0.337 e. The van der Waals surface area contributed by atoms with Gasteiger partial charge in [0, 0.05) is 24.8 Å². The Morgan fingerprint density at radius 3 is 2.21 bits per heavy atom. The Morgan fingerprint density at radius 1 is 0.769 bits per heavy atom. The molecule has 0 aromatic heterocycles. The summed E-state index contributed by atoms with van der Waals surface area (Å²) in [5, 5.41) is 12.6. The number of carboxylic acid groups (broad SMARTS) is 1. The lowest BCUT2D eigenvalue weighted by atomic mass is 10.1. The minimum atomic E-state index is -1.15. The molecule has 198 valence electrons. The van der Waals surface area contributed by atoms with E-state index in [1.807, 2.05) is 66.7 Å². The third-order valence-electron chi connectivity index (χ3n) is 6.61. The molecule has 1 aliphatic heterocycles. The summed E-state index contributed by atoms with van der Waals surface area (Å²) in [6, 6.07) is 29.0. The number of carboxylic acids is 1. The van der Waals surface area contributed by atoms with Gasteiger partial charge in [-0.3, -0.25) is 4.79 Å². The molecule has 0 aliphatic carbocycles. The van der Waals surface area contributed by atoms with Crippen molar-refractivity contribution in [1.29, 1.82) is 0 Å². The standard InChI is InChI=1S/C32H30N2O5/c35-31(33-29-21-26(15-16-27(29)32(36)37)39-25-12-6-2-7-13-25)28-20-24(34-18-8-3-9-19-34)14-17-30(28)38-22-23-10-4-1-5-11-23/h1-2,4-7,10-17,20-21H,3,8-9,18-19,22H2,(H,33,35)(H,36,37). The Balaban J connectivity index is 1.44. The fraction of sp³-hybridized carbons (Fsp3) is 0.188. The summed E-state index contributed by atoms with van der Waals surface area (Å²) in [5.41, 5.74) is 2.34. The van der Waals surface area contributed by atoms with Gasteiger partial charge in [0.25, 0.3) is 5.91 Å². The number of ether oxygens (including phenoxy) is 2. The summed E-state index contributed by atoms with van der Waals surface area (Å²) in [5.74, 6) is -0.186. The van der Waals surface area contributed by atoms with Crippen molar-refractivity contribution in [2.45, 2.75) is 25.9 Å². The van der Waals surface area contributed by atoms with Gasteiger partial charge in [-0.15, -0.1) is 0 Å². The molecule has 1 aliphatic rings. The zero-order chi connectivity index (χ0) is 27.0. The fourth-order valence-corrected chi connectivity index (χ4v) is 4.60. The van der Waals surface area contributed by atoms with Crippen LogP contribution < -0.4 is 19.7 Å². The van der Waals surface area contributed by atoms with Crippen molar-refractivity contribution in [2.75, 3.05) is 23.3 Å². The summed E-state index contributed by atoms with van der Waals surface area (Å²) in [6.07, 6.45) is 3.40. The number of nitrogens with one attached hydrogen (secondary N) is 1. The second-order valence-electron chi connectivity index (χ2n) is 9.38. The highest BCUT2D eigenvalue weighted by Crippen LogP contribution is 2.31. The number of hydrogen-bond donors (Lipinski definition) is 2. The van der Waals surface area contributed by atoms with Crippen molar-refractivity contribution < 1.29 is 24.2 Å². The van der Waals surface area contributed by atoms with Gasteiger partial charge < -0.3 is 24.8 Å². The van der Waals surface area contributed by atoms with Crippen molar-refractivity contribution in [3.63, 3.8) is 0 Å². The molecule has 1 saturated heterocycles. The first kappa shape index (κ1) is 25.9. The molecular formula is C32H30N2O5. The van der Waals surface area contributed by atoms with Gasteiger partial charge in [-0.05, 0) is 67.3 Å². The number of para-hydroxylation sites is 1. The Kier molecular flexibility index (Phi) is 8.07. The number of carbonyl (C=O) groups is 2. The summed E-state index contributed by atoms with van der Waals surface area (Å²) in [4.78, 5) is 27.9. The van der Waals surface area contributed by atoms with Crippen molar-refractivity contribution >= 4 is 23.3 Å². The maximum atomic E-state index is 13.7. The van der Waals surface area contributed by atoms with Gasteiger partial charge in [-0.1, -0.05) is 48.5 Å². The monoisotopic (exact) mass is 522 g/mol. The van der Waals surface area contributed by atoms with Crippen molar-refractivity contribution in [3.05, 3.63) is 114 Å². The SMILES string of the molecule is O=C(O)c1ccc(Oc2ccccc2)cc1NC(=O)c1cc(N2CCCCC2)ccc1OCc1ccccc1. The average Bonchev–Trinajstić information content (AvgIpc) is 2.97. The van der Waals surface area contributed by atoms with E-state index in [-0.39, 0.29) is 11.3 Å². The van der Waals surface area contributed by atoms with E-state index in [1.165, 1.54) is 18.6 Å². The van der Waals surface area contributed by atoms with Crippen LogP contribution in [0.15, 0.2) is 97.1 Å². The molecule has 1 fully saturated rings. The first-order valence-corrected chi connectivity index (χ1v) is 13.0. The molecule has 7 heteroatoms. The molecule has 1 heterocycles. The van der Waals surface area contributed by atoms with Crippen LogP contribution in [0.25, 0.3) is 0 Å². The third kappa shape index (κ3) is 6.57. The molecule has 2 N–H and O–H groups in total. The highest BCUT2D eigenvalue weighted by atomic mass is 16.5. The highest BCUT2D eigenvalue weighted by molar-refractivity contribution is 6.09. The van der Waals surface area contributed by atoms with E-state index in [4.69, 9.17) is 9.47 Å². The van der Waals surface area contributed by atoms with Crippen LogP contribution in [-0.4, -0.2) is 30.1 Å². The maximum absolute atomic E-state index is 13.7. The third-order valence-corrected chi connectivity index (χ3v) is 6.61. The summed E-state index contributed by atoms with van der Waals surface area (Å²) >= 11 is 0. The van der Waals surface area contributed by atoms with Gasteiger partial charge in [0.2, 0.25) is 0 Å². The quantitative estimate of drug-likeness (QED) is 0.246. The van der Waals surface area contributed by atoms with Crippen LogP contribution in [0, 0.1) is 0 Å². The van der Waals surface area contributed by atoms with Crippen LogP contribution in [0.1, 0.15) is 45.5 Å². The van der Waals surface area contributed by atoms with Crippen LogP contribution >= 0.6 is 0 Å². The number of carbonyl (C=O) groups excluding carboxylic acids is 1. The Morgan fingerprint density at radius 2 is 1.49 bits per heavy atom. The zero-order valence-electron chi connectivity index (χ0n) is 21.5. The van der Waals surface area contributed by atoms with Crippen LogP contribution in [0.5, 0.6) is 17.2 Å². The van der Waals surface area contributed by atoms with Gasteiger partial charge in [0.05, 0.1) is 16.8 Å². The predicted molar refractivity (Wildman–Crippen MR) is 151 cm³/mol. The number of aromatic carboxylic acids is 1. The lowest BCUT2D eigenvalue weighted by Crippen LogP contribution is -2.29. The smallest absolute Gasteiger partial charge is 0.337 e. The number of nitrogens with zero attached hydrogens (tertiary/aromatic N) is 1. The molecule has 1 amide bonds. The van der Waals surface area contributed by atoms with Gasteiger partial charge in [-0.25, -0.2) is 4.79 Å². The molecule has 4 aromatic rings. The molecule has 0 spiro atoms. The van der Waals surface area contributed by atoms with E-state index in [0.717, 1.165) is 37.2 Å². The lowest BCUT2D eigenvalue weighted by Gasteiger charge is -2.29. The minimum absolute atomic E-state index is 0.0392. The molecule has 0 bridgehead atoms. The van der Waals surface area contributed by atoms with Crippen LogP contribution in [-0.2, 0) is 6.61 Å². The summed E-state index contributed by atoms with van der Waals surface area (Å²) in [6.45, 7) is 2.14. The molecular weight excluding hydrogens is 492 g/mol. The zero-order valence-corrected chi connectivity index (χ0v) is 21.5.